The molecule has 4 aromatic rings. The molecule has 0 spiro atoms. The van der Waals surface area contributed by atoms with Gasteiger partial charge in [0.2, 0.25) is 0 Å². The number of hydrogen-bond acceptors (Lipinski definition) is 3. The van der Waals surface area contributed by atoms with E-state index in [0.717, 1.165) is 23.1 Å². The summed E-state index contributed by atoms with van der Waals surface area (Å²) in [6.07, 6.45) is 1.42. The van der Waals surface area contributed by atoms with Crippen molar-refractivity contribution in [1.29, 1.82) is 0 Å². The van der Waals surface area contributed by atoms with Crippen LogP contribution in [-0.2, 0) is 6.42 Å². The first-order valence-electron chi connectivity index (χ1n) is 10.7. The van der Waals surface area contributed by atoms with Gasteiger partial charge in [0.1, 0.15) is 11.6 Å². The fourth-order valence-corrected chi connectivity index (χ4v) is 4.38. The summed E-state index contributed by atoms with van der Waals surface area (Å²) in [7, 11) is 0. The molecular formula is C26H24ClFN2O2. The Bertz CT molecular complexity index is 1360. The quantitative estimate of drug-likeness (QED) is 0.371. The number of para-hydroxylation sites is 1. The van der Waals surface area contributed by atoms with E-state index >= 15 is 0 Å². The number of aromatic nitrogens is 2. The molecule has 164 valence electrons. The number of fused-ring (bicyclic) bond motifs is 1. The van der Waals surface area contributed by atoms with Crippen molar-refractivity contribution in [3.63, 3.8) is 0 Å². The Morgan fingerprint density at radius 3 is 2.56 bits per heavy atom. The van der Waals surface area contributed by atoms with E-state index in [-0.39, 0.29) is 22.3 Å². The van der Waals surface area contributed by atoms with Crippen molar-refractivity contribution in [2.24, 2.45) is 0 Å². The lowest BCUT2D eigenvalue weighted by Crippen LogP contribution is -2.24. The minimum absolute atomic E-state index is 0.00407. The largest absolute Gasteiger partial charge is 0.507 e. The Hall–Kier alpha value is -3.18. The maximum Gasteiger partial charge on any atom is 0.352 e. The predicted octanol–water partition coefficient (Wildman–Crippen LogP) is 6.63. The van der Waals surface area contributed by atoms with Crippen molar-refractivity contribution in [2.45, 2.75) is 39.5 Å². The summed E-state index contributed by atoms with van der Waals surface area (Å²) in [4.78, 5) is 17.6. The maximum absolute atomic E-state index is 14.7. The molecule has 0 radical (unpaired) electrons. The number of benzene rings is 3. The zero-order valence-electron chi connectivity index (χ0n) is 18.2. The topological polar surface area (TPSA) is 55.1 Å². The van der Waals surface area contributed by atoms with Gasteiger partial charge in [0.25, 0.3) is 0 Å². The van der Waals surface area contributed by atoms with Gasteiger partial charge in [-0.05, 0) is 48.2 Å². The van der Waals surface area contributed by atoms with Crippen molar-refractivity contribution in [1.82, 2.24) is 9.55 Å². The van der Waals surface area contributed by atoms with E-state index in [4.69, 9.17) is 11.6 Å². The third-order valence-corrected chi connectivity index (χ3v) is 5.92. The van der Waals surface area contributed by atoms with Crippen molar-refractivity contribution < 1.29 is 9.50 Å². The second-order valence-electron chi connectivity index (χ2n) is 8.12. The minimum Gasteiger partial charge on any atom is -0.507 e. The fourth-order valence-electron chi connectivity index (χ4n) is 4.12. The SMILES string of the molecule is CCCc1nc(=O)n(-c2ccccc2C(C)C)c2cc(-c3c(O)cccc3F)c(Cl)cc12. The van der Waals surface area contributed by atoms with Crippen molar-refractivity contribution in [3.05, 3.63) is 87.2 Å². The molecule has 0 amide bonds. The van der Waals surface area contributed by atoms with Crippen LogP contribution < -0.4 is 5.69 Å². The molecule has 0 unspecified atom stereocenters. The second kappa shape index (κ2) is 8.75. The van der Waals surface area contributed by atoms with Crippen molar-refractivity contribution in [2.75, 3.05) is 0 Å². The van der Waals surface area contributed by atoms with Gasteiger partial charge >= 0.3 is 5.69 Å². The lowest BCUT2D eigenvalue weighted by Gasteiger charge is -2.19. The van der Waals surface area contributed by atoms with Crippen molar-refractivity contribution >= 4 is 22.5 Å². The van der Waals surface area contributed by atoms with Gasteiger partial charge in [0.15, 0.2) is 0 Å². The summed E-state index contributed by atoms with van der Waals surface area (Å²) < 4.78 is 16.2. The van der Waals surface area contributed by atoms with Gasteiger partial charge in [-0.3, -0.25) is 4.57 Å². The standard InChI is InChI=1S/C26H24ClFN2O2/c1-4-8-21-18-13-19(27)17(25-20(28)10-7-12-24(25)31)14-23(18)30(26(32)29-21)22-11-6-5-9-16(22)15(2)3/h5-7,9-15,31H,4,8H2,1-3H3. The zero-order valence-corrected chi connectivity index (χ0v) is 18.9. The van der Waals surface area contributed by atoms with Gasteiger partial charge in [0, 0.05) is 16.0 Å². The smallest absolute Gasteiger partial charge is 0.352 e. The highest BCUT2D eigenvalue weighted by Crippen LogP contribution is 2.39. The third kappa shape index (κ3) is 3.78. The molecule has 0 aliphatic carbocycles. The van der Waals surface area contributed by atoms with Crippen LogP contribution in [-0.4, -0.2) is 14.7 Å². The molecule has 0 bridgehead atoms. The number of phenolic OH excluding ortho intramolecular Hbond substituents is 1. The highest BCUT2D eigenvalue weighted by atomic mass is 35.5. The third-order valence-electron chi connectivity index (χ3n) is 5.61. The number of aromatic hydroxyl groups is 1. The van der Waals surface area contributed by atoms with Crippen LogP contribution in [0.15, 0.2) is 59.4 Å². The molecule has 0 atom stereocenters. The first-order chi connectivity index (χ1) is 15.3. The molecular weight excluding hydrogens is 427 g/mol. The average molecular weight is 451 g/mol. The first-order valence-corrected chi connectivity index (χ1v) is 11.0. The highest BCUT2D eigenvalue weighted by molar-refractivity contribution is 6.34. The fraction of sp³-hybridized carbons (Fsp3) is 0.231. The van der Waals surface area contributed by atoms with E-state index in [2.05, 4.69) is 18.8 Å². The molecule has 0 fully saturated rings. The van der Waals surface area contributed by atoms with E-state index in [0.29, 0.717) is 23.2 Å². The summed E-state index contributed by atoms with van der Waals surface area (Å²) in [5, 5.41) is 11.4. The lowest BCUT2D eigenvalue weighted by atomic mass is 9.98. The molecule has 1 N–H and O–H groups in total. The van der Waals surface area contributed by atoms with Gasteiger partial charge in [-0.2, -0.15) is 4.98 Å². The van der Waals surface area contributed by atoms with Crippen LogP contribution in [0.2, 0.25) is 5.02 Å². The van der Waals surface area contributed by atoms with E-state index < -0.39 is 11.5 Å². The number of rotatable bonds is 5. The summed E-state index contributed by atoms with van der Waals surface area (Å²) in [6, 6.07) is 15.2. The van der Waals surface area contributed by atoms with E-state index in [9.17, 15) is 14.3 Å². The number of hydrogen-bond donors (Lipinski definition) is 1. The maximum atomic E-state index is 14.7. The van der Waals surface area contributed by atoms with E-state index in [1.165, 1.54) is 18.2 Å². The lowest BCUT2D eigenvalue weighted by molar-refractivity contribution is 0.472. The molecule has 32 heavy (non-hydrogen) atoms. The second-order valence-corrected chi connectivity index (χ2v) is 8.53. The number of halogens is 2. The minimum atomic E-state index is -0.592. The Morgan fingerprint density at radius 2 is 1.88 bits per heavy atom. The normalized spacial score (nSPS) is 11.4. The van der Waals surface area contributed by atoms with Gasteiger partial charge in [-0.15, -0.1) is 0 Å². The van der Waals surface area contributed by atoms with Crippen molar-refractivity contribution in [3.8, 4) is 22.6 Å². The zero-order chi connectivity index (χ0) is 23.0. The van der Waals surface area contributed by atoms with Gasteiger partial charge in [0.05, 0.1) is 22.5 Å². The predicted molar refractivity (Wildman–Crippen MR) is 127 cm³/mol. The molecule has 1 heterocycles. The Kier molecular flexibility index (Phi) is 6.02. The molecule has 1 aromatic heterocycles. The summed E-state index contributed by atoms with van der Waals surface area (Å²) in [5.41, 5.74) is 2.86. The Balaban J connectivity index is 2.15. The van der Waals surface area contributed by atoms with Gasteiger partial charge < -0.3 is 5.11 Å². The van der Waals surface area contributed by atoms with Crippen LogP contribution in [0.3, 0.4) is 0 Å². The summed E-state index contributed by atoms with van der Waals surface area (Å²) >= 11 is 6.58. The van der Waals surface area contributed by atoms with Crippen LogP contribution in [0.1, 0.15) is 44.4 Å². The Labute approximate surface area is 190 Å². The molecule has 3 aromatic carbocycles. The van der Waals surface area contributed by atoms with Crippen LogP contribution in [0.5, 0.6) is 5.75 Å². The van der Waals surface area contributed by atoms with E-state index in [1.54, 1.807) is 16.7 Å². The summed E-state index contributed by atoms with van der Waals surface area (Å²) in [6.45, 7) is 6.13. The van der Waals surface area contributed by atoms with Gasteiger partial charge in [-0.1, -0.05) is 63.1 Å². The molecule has 0 saturated carbocycles. The molecule has 0 aliphatic heterocycles. The van der Waals surface area contributed by atoms with E-state index in [1.807, 2.05) is 31.2 Å². The molecule has 4 nitrogen and oxygen atoms in total. The average Bonchev–Trinajstić information content (AvgIpc) is 2.75. The first kappa shape index (κ1) is 22.0. The molecule has 6 heteroatoms. The molecule has 0 aliphatic rings. The Morgan fingerprint density at radius 1 is 1.12 bits per heavy atom. The van der Waals surface area contributed by atoms with Crippen LogP contribution in [0.4, 0.5) is 4.39 Å². The molecule has 0 saturated heterocycles. The van der Waals surface area contributed by atoms with Crippen LogP contribution >= 0.6 is 11.6 Å². The number of aryl methyl sites for hydroxylation is 1. The van der Waals surface area contributed by atoms with Crippen LogP contribution in [0.25, 0.3) is 27.7 Å². The molecule has 4 rings (SSSR count). The number of phenols is 1. The van der Waals surface area contributed by atoms with Gasteiger partial charge in [-0.25, -0.2) is 9.18 Å². The monoisotopic (exact) mass is 450 g/mol. The van der Waals surface area contributed by atoms with Crippen LogP contribution in [0, 0.1) is 5.82 Å². The highest BCUT2D eigenvalue weighted by Gasteiger charge is 2.20. The number of nitrogens with zero attached hydrogens (tertiary/aromatic N) is 2. The summed E-state index contributed by atoms with van der Waals surface area (Å²) in [5.74, 6) is -0.637.